The lowest BCUT2D eigenvalue weighted by Gasteiger charge is -2.44. The Bertz CT molecular complexity index is 915. The number of nitrogens with zero attached hydrogens (tertiary/aromatic N) is 2. The predicted molar refractivity (Wildman–Crippen MR) is 113 cm³/mol. The Labute approximate surface area is 172 Å². The van der Waals surface area contributed by atoms with E-state index in [1.807, 2.05) is 18.2 Å². The van der Waals surface area contributed by atoms with Crippen LogP contribution in [-0.4, -0.2) is 51.6 Å². The van der Waals surface area contributed by atoms with Gasteiger partial charge in [-0.3, -0.25) is 4.90 Å². The SMILES string of the molecule is O=S(=O)(N[C@H]1CCCC[C@@H]1N1CCN(c2ccccc2F)CC1)c1ccccc1. The van der Waals surface area contributed by atoms with Crippen LogP contribution in [-0.2, 0) is 10.0 Å². The monoisotopic (exact) mass is 417 g/mol. The maximum atomic E-state index is 14.1. The lowest BCUT2D eigenvalue weighted by Crippen LogP contribution is -2.58. The van der Waals surface area contributed by atoms with Crippen molar-refractivity contribution in [3.05, 3.63) is 60.4 Å². The van der Waals surface area contributed by atoms with Gasteiger partial charge < -0.3 is 4.90 Å². The molecule has 2 aromatic carbocycles. The number of para-hydroxylation sites is 1. The van der Waals surface area contributed by atoms with Gasteiger partial charge in [-0.15, -0.1) is 0 Å². The molecule has 0 aromatic heterocycles. The van der Waals surface area contributed by atoms with Crippen molar-refractivity contribution < 1.29 is 12.8 Å². The Morgan fingerprint density at radius 2 is 1.52 bits per heavy atom. The molecule has 0 unspecified atom stereocenters. The standard InChI is InChI=1S/C22H28FN3O2S/c23-19-10-4-6-12-21(19)25-14-16-26(17-15-25)22-13-7-5-11-20(22)24-29(27,28)18-8-2-1-3-9-18/h1-4,6,8-10,12,20,22,24H,5,7,11,13-17H2/t20-,22-/m0/s1. The minimum Gasteiger partial charge on any atom is -0.367 e. The number of rotatable bonds is 5. The quantitative estimate of drug-likeness (QED) is 0.812. The second-order valence-electron chi connectivity index (χ2n) is 7.87. The van der Waals surface area contributed by atoms with E-state index in [1.54, 1.807) is 30.3 Å². The zero-order valence-corrected chi connectivity index (χ0v) is 17.3. The first-order chi connectivity index (χ1) is 14.0. The molecule has 29 heavy (non-hydrogen) atoms. The molecule has 1 heterocycles. The third kappa shape index (κ3) is 4.63. The summed E-state index contributed by atoms with van der Waals surface area (Å²) < 4.78 is 42.7. The van der Waals surface area contributed by atoms with Crippen molar-refractivity contribution in [1.82, 2.24) is 9.62 Å². The van der Waals surface area contributed by atoms with Crippen LogP contribution in [0.25, 0.3) is 0 Å². The molecule has 0 bridgehead atoms. The highest BCUT2D eigenvalue weighted by Crippen LogP contribution is 2.27. The summed E-state index contributed by atoms with van der Waals surface area (Å²) in [6.07, 6.45) is 3.99. The summed E-state index contributed by atoms with van der Waals surface area (Å²) in [5.41, 5.74) is 0.650. The van der Waals surface area contributed by atoms with E-state index >= 15 is 0 Å². The Hall–Kier alpha value is -1.96. The molecule has 1 aliphatic heterocycles. The largest absolute Gasteiger partial charge is 0.367 e. The van der Waals surface area contributed by atoms with Crippen LogP contribution in [0, 0.1) is 5.82 Å². The van der Waals surface area contributed by atoms with Gasteiger partial charge in [-0.1, -0.05) is 43.2 Å². The molecule has 0 amide bonds. The molecule has 4 rings (SSSR count). The molecule has 2 fully saturated rings. The van der Waals surface area contributed by atoms with Crippen molar-refractivity contribution >= 4 is 15.7 Å². The first kappa shape index (κ1) is 20.3. The summed E-state index contributed by atoms with van der Waals surface area (Å²) in [4.78, 5) is 4.78. The number of anilines is 1. The highest BCUT2D eigenvalue weighted by atomic mass is 32.2. The summed E-state index contributed by atoms with van der Waals surface area (Å²) in [5, 5.41) is 0. The van der Waals surface area contributed by atoms with Crippen molar-refractivity contribution in [1.29, 1.82) is 0 Å². The fourth-order valence-electron chi connectivity index (χ4n) is 4.56. The van der Waals surface area contributed by atoms with Crippen LogP contribution in [0.15, 0.2) is 59.5 Å². The molecule has 0 radical (unpaired) electrons. The molecule has 1 saturated heterocycles. The van der Waals surface area contributed by atoms with Gasteiger partial charge in [-0.05, 0) is 37.1 Å². The third-order valence-electron chi connectivity index (χ3n) is 6.07. The van der Waals surface area contributed by atoms with Crippen molar-refractivity contribution in [2.45, 2.75) is 42.7 Å². The number of benzene rings is 2. The summed E-state index contributed by atoms with van der Waals surface area (Å²) in [7, 11) is -3.53. The minimum atomic E-state index is -3.53. The fourth-order valence-corrected chi connectivity index (χ4v) is 5.88. The van der Waals surface area contributed by atoms with Crippen LogP contribution in [0.2, 0.25) is 0 Å². The van der Waals surface area contributed by atoms with Gasteiger partial charge in [0.25, 0.3) is 0 Å². The number of hydrogen-bond acceptors (Lipinski definition) is 4. The summed E-state index contributed by atoms with van der Waals surface area (Å²) in [6.45, 7) is 3.11. The van der Waals surface area contributed by atoms with Gasteiger partial charge in [-0.25, -0.2) is 17.5 Å². The summed E-state index contributed by atoms with van der Waals surface area (Å²) >= 11 is 0. The van der Waals surface area contributed by atoms with Crippen LogP contribution < -0.4 is 9.62 Å². The number of halogens is 1. The second kappa shape index (κ2) is 8.81. The maximum absolute atomic E-state index is 14.1. The van der Waals surface area contributed by atoms with Gasteiger partial charge in [0.05, 0.1) is 10.6 Å². The van der Waals surface area contributed by atoms with Gasteiger partial charge >= 0.3 is 0 Å². The molecule has 7 heteroatoms. The average molecular weight is 418 g/mol. The average Bonchev–Trinajstić information content (AvgIpc) is 2.75. The van der Waals surface area contributed by atoms with Gasteiger partial charge in [0, 0.05) is 38.3 Å². The Morgan fingerprint density at radius 1 is 0.862 bits per heavy atom. The van der Waals surface area contributed by atoms with Crippen molar-refractivity contribution in [3.63, 3.8) is 0 Å². The van der Waals surface area contributed by atoms with E-state index in [1.165, 1.54) is 6.07 Å². The van der Waals surface area contributed by atoms with E-state index in [0.29, 0.717) is 10.6 Å². The van der Waals surface area contributed by atoms with Gasteiger partial charge in [-0.2, -0.15) is 0 Å². The molecular formula is C22H28FN3O2S. The molecule has 1 saturated carbocycles. The molecular weight excluding hydrogens is 389 g/mol. The summed E-state index contributed by atoms with van der Waals surface area (Å²) in [6, 6.07) is 15.6. The van der Waals surface area contributed by atoms with Gasteiger partial charge in [0.1, 0.15) is 5.82 Å². The maximum Gasteiger partial charge on any atom is 0.240 e. The molecule has 2 aliphatic rings. The van der Waals surface area contributed by atoms with E-state index in [0.717, 1.165) is 51.9 Å². The Kier molecular flexibility index (Phi) is 6.18. The third-order valence-corrected chi connectivity index (χ3v) is 7.57. The zero-order valence-electron chi connectivity index (χ0n) is 16.5. The van der Waals surface area contributed by atoms with E-state index in [4.69, 9.17) is 0 Å². The van der Waals surface area contributed by atoms with Gasteiger partial charge in [0.15, 0.2) is 0 Å². The van der Waals surface area contributed by atoms with Crippen LogP contribution in [0.3, 0.4) is 0 Å². The lowest BCUT2D eigenvalue weighted by atomic mass is 9.89. The van der Waals surface area contributed by atoms with Crippen LogP contribution in [0.4, 0.5) is 10.1 Å². The number of hydrogen-bond donors (Lipinski definition) is 1. The topological polar surface area (TPSA) is 52.7 Å². The molecule has 1 N–H and O–H groups in total. The van der Waals surface area contributed by atoms with Crippen molar-refractivity contribution in [2.75, 3.05) is 31.1 Å². The van der Waals surface area contributed by atoms with E-state index in [-0.39, 0.29) is 17.9 Å². The first-order valence-electron chi connectivity index (χ1n) is 10.4. The van der Waals surface area contributed by atoms with E-state index < -0.39 is 10.0 Å². The highest BCUT2D eigenvalue weighted by molar-refractivity contribution is 7.89. The molecule has 1 aliphatic carbocycles. The first-order valence-corrected chi connectivity index (χ1v) is 11.8. The molecule has 5 nitrogen and oxygen atoms in total. The lowest BCUT2D eigenvalue weighted by molar-refractivity contribution is 0.124. The van der Waals surface area contributed by atoms with Crippen molar-refractivity contribution in [3.8, 4) is 0 Å². The number of nitrogens with one attached hydrogen (secondary N) is 1. The predicted octanol–water partition coefficient (Wildman–Crippen LogP) is 3.24. The molecule has 0 spiro atoms. The molecule has 156 valence electrons. The number of sulfonamides is 1. The fraction of sp³-hybridized carbons (Fsp3) is 0.455. The summed E-state index contributed by atoms with van der Waals surface area (Å²) in [5.74, 6) is -0.188. The molecule has 2 aromatic rings. The Balaban J connectivity index is 1.43. The van der Waals surface area contributed by atoms with E-state index in [2.05, 4.69) is 14.5 Å². The van der Waals surface area contributed by atoms with Crippen LogP contribution >= 0.6 is 0 Å². The normalized spacial score (nSPS) is 23.8. The van der Waals surface area contributed by atoms with Crippen LogP contribution in [0.5, 0.6) is 0 Å². The number of piperazine rings is 1. The Morgan fingerprint density at radius 3 is 2.24 bits per heavy atom. The smallest absolute Gasteiger partial charge is 0.240 e. The minimum absolute atomic E-state index is 0.0889. The van der Waals surface area contributed by atoms with Crippen molar-refractivity contribution in [2.24, 2.45) is 0 Å². The van der Waals surface area contributed by atoms with Crippen LogP contribution in [0.1, 0.15) is 25.7 Å². The van der Waals surface area contributed by atoms with E-state index in [9.17, 15) is 12.8 Å². The second-order valence-corrected chi connectivity index (χ2v) is 9.58. The zero-order chi connectivity index (χ0) is 20.3. The van der Waals surface area contributed by atoms with Gasteiger partial charge in [0.2, 0.25) is 10.0 Å². The highest BCUT2D eigenvalue weighted by Gasteiger charge is 2.35. The molecule has 2 atom stereocenters.